The number of hydrogen-bond acceptors (Lipinski definition) is 4. The molecule has 0 radical (unpaired) electrons. The van der Waals surface area contributed by atoms with Gasteiger partial charge in [0.15, 0.2) is 5.79 Å². The summed E-state index contributed by atoms with van der Waals surface area (Å²) in [5.41, 5.74) is 0.673. The zero-order chi connectivity index (χ0) is 14.1. The third kappa shape index (κ3) is 2.71. The number of hydrogen-bond donors (Lipinski definition) is 0. The van der Waals surface area contributed by atoms with Crippen LogP contribution >= 0.6 is 0 Å². The van der Waals surface area contributed by atoms with Crippen molar-refractivity contribution in [2.45, 2.75) is 51.0 Å². The maximum absolute atomic E-state index is 10.8. The van der Waals surface area contributed by atoms with Crippen LogP contribution in [0.1, 0.15) is 33.6 Å². The second kappa shape index (κ2) is 5.04. The standard InChI is InChI=1S/C15H21NO3/c1-5-15(16-10-17)7-6-11(2)8-12(15)13-9-18-14(3,4)19-13/h5-6,12-13H,1,7-9H2,2-4H3/t12-,13-,15+/m1/s1. The summed E-state index contributed by atoms with van der Waals surface area (Å²) in [7, 11) is 0. The molecule has 4 nitrogen and oxygen atoms in total. The number of ether oxygens (including phenoxy) is 2. The van der Waals surface area contributed by atoms with E-state index >= 15 is 0 Å². The molecule has 0 aromatic carbocycles. The van der Waals surface area contributed by atoms with Gasteiger partial charge in [0, 0.05) is 5.92 Å². The molecule has 0 unspecified atom stereocenters. The van der Waals surface area contributed by atoms with Crippen LogP contribution in [0.5, 0.6) is 0 Å². The van der Waals surface area contributed by atoms with Gasteiger partial charge < -0.3 is 9.47 Å². The van der Waals surface area contributed by atoms with Crippen LogP contribution in [-0.2, 0) is 14.3 Å². The first kappa shape index (κ1) is 14.2. The summed E-state index contributed by atoms with van der Waals surface area (Å²) in [4.78, 5) is 14.8. The largest absolute Gasteiger partial charge is 0.348 e. The summed E-state index contributed by atoms with van der Waals surface area (Å²) in [6, 6.07) is 0. The van der Waals surface area contributed by atoms with Crippen molar-refractivity contribution in [1.29, 1.82) is 0 Å². The van der Waals surface area contributed by atoms with Crippen molar-refractivity contribution in [2.75, 3.05) is 6.61 Å². The molecule has 2 aliphatic rings. The normalized spacial score (nSPS) is 37.3. The van der Waals surface area contributed by atoms with Gasteiger partial charge in [-0.05, 0) is 33.6 Å². The van der Waals surface area contributed by atoms with Gasteiger partial charge in [-0.1, -0.05) is 17.7 Å². The van der Waals surface area contributed by atoms with Gasteiger partial charge in [0.2, 0.25) is 6.08 Å². The monoisotopic (exact) mass is 263 g/mol. The average molecular weight is 263 g/mol. The Balaban J connectivity index is 2.31. The molecule has 1 heterocycles. The molecule has 0 aromatic heterocycles. The Morgan fingerprint density at radius 3 is 2.84 bits per heavy atom. The molecule has 1 fully saturated rings. The van der Waals surface area contributed by atoms with E-state index in [4.69, 9.17) is 9.47 Å². The smallest absolute Gasteiger partial charge is 0.235 e. The number of nitrogens with zero attached hydrogens (tertiary/aromatic N) is 1. The predicted octanol–water partition coefficient (Wildman–Crippen LogP) is 2.75. The van der Waals surface area contributed by atoms with E-state index in [-0.39, 0.29) is 12.0 Å². The molecule has 19 heavy (non-hydrogen) atoms. The zero-order valence-electron chi connectivity index (χ0n) is 11.8. The Bertz CT molecular complexity index is 448. The van der Waals surface area contributed by atoms with Crippen LogP contribution in [-0.4, -0.2) is 30.1 Å². The second-order valence-corrected chi connectivity index (χ2v) is 5.83. The first-order valence-electron chi connectivity index (χ1n) is 6.62. The molecular formula is C15H21NO3. The summed E-state index contributed by atoms with van der Waals surface area (Å²) in [5.74, 6) is -0.504. The first-order chi connectivity index (χ1) is 8.92. The molecule has 0 spiro atoms. The van der Waals surface area contributed by atoms with Crippen LogP contribution in [0.15, 0.2) is 29.3 Å². The lowest BCUT2D eigenvalue weighted by Gasteiger charge is -2.39. The van der Waals surface area contributed by atoms with E-state index in [9.17, 15) is 4.79 Å². The number of aliphatic imine (C=N–C) groups is 1. The second-order valence-electron chi connectivity index (χ2n) is 5.83. The highest BCUT2D eigenvalue weighted by Gasteiger charge is 2.47. The van der Waals surface area contributed by atoms with E-state index < -0.39 is 11.3 Å². The number of allylic oxidation sites excluding steroid dienone is 1. The summed E-state index contributed by atoms with van der Waals surface area (Å²) in [6.45, 7) is 10.3. The topological polar surface area (TPSA) is 47.9 Å². The molecule has 1 aliphatic carbocycles. The van der Waals surface area contributed by atoms with Crippen LogP contribution in [0.3, 0.4) is 0 Å². The third-order valence-corrected chi connectivity index (χ3v) is 4.05. The van der Waals surface area contributed by atoms with Gasteiger partial charge in [-0.15, -0.1) is 6.58 Å². The van der Waals surface area contributed by atoms with Gasteiger partial charge >= 0.3 is 0 Å². The van der Waals surface area contributed by atoms with Crippen molar-refractivity contribution in [3.05, 3.63) is 24.3 Å². The van der Waals surface area contributed by atoms with Crippen molar-refractivity contribution in [3.8, 4) is 0 Å². The molecule has 4 heteroatoms. The molecule has 104 valence electrons. The molecule has 3 atom stereocenters. The van der Waals surface area contributed by atoms with Crippen molar-refractivity contribution < 1.29 is 14.3 Å². The molecule has 0 aromatic rings. The maximum atomic E-state index is 10.8. The van der Waals surface area contributed by atoms with Crippen molar-refractivity contribution in [2.24, 2.45) is 10.9 Å². The number of rotatable bonds is 3. The minimum Gasteiger partial charge on any atom is -0.348 e. The SMILES string of the molecule is C=C[C@]1(N=C=O)CC=C(C)C[C@@H]1[C@H]1COC(C)(C)O1. The Morgan fingerprint density at radius 2 is 2.32 bits per heavy atom. The van der Waals surface area contributed by atoms with Gasteiger partial charge in [0.05, 0.1) is 12.7 Å². The lowest BCUT2D eigenvalue weighted by molar-refractivity contribution is -0.147. The fourth-order valence-corrected chi connectivity index (χ4v) is 2.96. The summed E-state index contributed by atoms with van der Waals surface area (Å²) in [5, 5.41) is 0. The van der Waals surface area contributed by atoms with E-state index in [0.29, 0.717) is 13.0 Å². The molecule has 1 aliphatic heterocycles. The maximum Gasteiger partial charge on any atom is 0.235 e. The molecule has 2 rings (SSSR count). The lowest BCUT2D eigenvalue weighted by atomic mass is 9.71. The Morgan fingerprint density at radius 1 is 1.58 bits per heavy atom. The van der Waals surface area contributed by atoms with Gasteiger partial charge in [-0.2, -0.15) is 4.99 Å². The zero-order valence-corrected chi connectivity index (χ0v) is 11.8. The lowest BCUT2D eigenvalue weighted by Crippen LogP contribution is -2.44. The van der Waals surface area contributed by atoms with Crippen LogP contribution < -0.4 is 0 Å². The van der Waals surface area contributed by atoms with E-state index in [1.807, 2.05) is 13.8 Å². The van der Waals surface area contributed by atoms with Crippen molar-refractivity contribution >= 4 is 6.08 Å². The van der Waals surface area contributed by atoms with Gasteiger partial charge in [-0.25, -0.2) is 4.79 Å². The highest BCUT2D eigenvalue weighted by molar-refractivity contribution is 5.38. The Kier molecular flexibility index (Phi) is 3.77. The fraction of sp³-hybridized carbons (Fsp3) is 0.667. The fourth-order valence-electron chi connectivity index (χ4n) is 2.96. The highest BCUT2D eigenvalue weighted by Crippen LogP contribution is 2.43. The quantitative estimate of drug-likeness (QED) is 0.447. The third-order valence-electron chi connectivity index (χ3n) is 4.05. The van der Waals surface area contributed by atoms with E-state index in [0.717, 1.165) is 6.42 Å². The van der Waals surface area contributed by atoms with Crippen molar-refractivity contribution in [3.63, 3.8) is 0 Å². The predicted molar refractivity (Wildman–Crippen MR) is 72.4 cm³/mol. The van der Waals surface area contributed by atoms with Crippen LogP contribution in [0, 0.1) is 5.92 Å². The molecule has 0 amide bonds. The van der Waals surface area contributed by atoms with Crippen LogP contribution in [0.4, 0.5) is 0 Å². The van der Waals surface area contributed by atoms with Gasteiger partial charge in [0.1, 0.15) is 5.54 Å². The summed E-state index contributed by atoms with van der Waals surface area (Å²) < 4.78 is 11.6. The molecule has 0 bridgehead atoms. The number of carbonyl (C=O) groups excluding carboxylic acids is 1. The minimum absolute atomic E-state index is 0.0678. The summed E-state index contributed by atoms with van der Waals surface area (Å²) in [6.07, 6.45) is 6.99. The van der Waals surface area contributed by atoms with E-state index in [2.05, 4.69) is 24.6 Å². The molecule has 0 saturated carbocycles. The van der Waals surface area contributed by atoms with E-state index in [1.54, 1.807) is 12.2 Å². The summed E-state index contributed by atoms with van der Waals surface area (Å²) >= 11 is 0. The Hall–Kier alpha value is -1.22. The minimum atomic E-state index is -0.615. The molecule has 0 N–H and O–H groups in total. The highest BCUT2D eigenvalue weighted by atomic mass is 16.7. The first-order valence-corrected chi connectivity index (χ1v) is 6.62. The Labute approximate surface area is 114 Å². The van der Waals surface area contributed by atoms with E-state index in [1.165, 1.54) is 5.57 Å². The van der Waals surface area contributed by atoms with Gasteiger partial charge in [-0.3, -0.25) is 0 Å². The van der Waals surface area contributed by atoms with Gasteiger partial charge in [0.25, 0.3) is 0 Å². The number of isocyanates is 1. The molecular weight excluding hydrogens is 242 g/mol. The molecule has 1 saturated heterocycles. The average Bonchev–Trinajstić information content (AvgIpc) is 2.72. The van der Waals surface area contributed by atoms with Crippen LogP contribution in [0.2, 0.25) is 0 Å². The van der Waals surface area contributed by atoms with Crippen LogP contribution in [0.25, 0.3) is 0 Å². The van der Waals surface area contributed by atoms with Crippen molar-refractivity contribution in [1.82, 2.24) is 0 Å².